The van der Waals surface area contributed by atoms with Crippen LogP contribution in [0.4, 0.5) is 4.39 Å². The van der Waals surface area contributed by atoms with Crippen molar-refractivity contribution in [2.24, 2.45) is 5.92 Å². The minimum Gasteiger partial charge on any atom is -0.396 e. The maximum absolute atomic E-state index is 13.3. The highest BCUT2D eigenvalue weighted by Gasteiger charge is 2.58. The van der Waals surface area contributed by atoms with Crippen molar-refractivity contribution < 1.29 is 17.9 Å². The number of aliphatic hydroxyl groups excluding tert-OH is 1. The van der Waals surface area contributed by atoms with Gasteiger partial charge in [0.2, 0.25) is 0 Å². The van der Waals surface area contributed by atoms with E-state index in [0.717, 1.165) is 0 Å². The van der Waals surface area contributed by atoms with Gasteiger partial charge < -0.3 is 5.11 Å². The highest BCUT2D eigenvalue weighted by atomic mass is 32.2. The molecule has 2 aromatic rings. The Morgan fingerprint density at radius 1 is 1.05 bits per heavy atom. The number of halogens is 1. The molecule has 0 unspecified atom stereocenters. The first-order valence-electron chi connectivity index (χ1n) is 6.71. The topological polar surface area (TPSA) is 54.4 Å². The van der Waals surface area contributed by atoms with E-state index in [9.17, 15) is 17.9 Å². The van der Waals surface area contributed by atoms with Gasteiger partial charge in [-0.3, -0.25) is 0 Å². The Morgan fingerprint density at radius 3 is 2.38 bits per heavy atom. The van der Waals surface area contributed by atoms with E-state index in [-0.39, 0.29) is 23.3 Å². The van der Waals surface area contributed by atoms with Crippen LogP contribution in [0.1, 0.15) is 11.5 Å². The lowest BCUT2D eigenvalue weighted by molar-refractivity contribution is 0.274. The molecule has 0 radical (unpaired) electrons. The molecule has 1 saturated carbocycles. The van der Waals surface area contributed by atoms with Gasteiger partial charge in [0.05, 0.1) is 10.1 Å². The summed E-state index contributed by atoms with van der Waals surface area (Å²) in [7, 11) is -3.52. The Balaban J connectivity index is 1.96. The fourth-order valence-electron chi connectivity index (χ4n) is 2.90. The Morgan fingerprint density at radius 2 is 1.76 bits per heavy atom. The van der Waals surface area contributed by atoms with Crippen LogP contribution in [0.5, 0.6) is 0 Å². The Hall–Kier alpha value is -1.72. The molecule has 21 heavy (non-hydrogen) atoms. The second-order valence-corrected chi connectivity index (χ2v) is 7.36. The van der Waals surface area contributed by atoms with Gasteiger partial charge in [0, 0.05) is 18.4 Å². The zero-order chi connectivity index (χ0) is 15.0. The van der Waals surface area contributed by atoms with Crippen molar-refractivity contribution in [3.8, 4) is 0 Å². The molecule has 0 bridgehead atoms. The van der Waals surface area contributed by atoms with E-state index in [1.165, 1.54) is 12.1 Å². The molecule has 1 aliphatic carbocycles. The second kappa shape index (κ2) is 5.24. The molecule has 0 spiro atoms. The summed E-state index contributed by atoms with van der Waals surface area (Å²) in [5.74, 6) is -1.13. The fraction of sp³-hybridized carbons (Fsp3) is 0.250. The molecular formula is C16H15FO3S. The summed E-state index contributed by atoms with van der Waals surface area (Å²) in [6.07, 6.45) is 0. The van der Waals surface area contributed by atoms with E-state index in [0.29, 0.717) is 5.56 Å². The number of hydrogen-bond acceptors (Lipinski definition) is 3. The smallest absolute Gasteiger partial charge is 0.182 e. The van der Waals surface area contributed by atoms with Crippen LogP contribution in [0, 0.1) is 11.7 Å². The van der Waals surface area contributed by atoms with E-state index < -0.39 is 20.9 Å². The molecule has 110 valence electrons. The maximum atomic E-state index is 13.3. The van der Waals surface area contributed by atoms with Gasteiger partial charge in [-0.15, -0.1) is 0 Å². The summed E-state index contributed by atoms with van der Waals surface area (Å²) in [4.78, 5) is 0.243. The van der Waals surface area contributed by atoms with E-state index in [4.69, 9.17) is 0 Å². The quantitative estimate of drug-likeness (QED) is 0.943. The highest BCUT2D eigenvalue weighted by molar-refractivity contribution is 7.92. The monoisotopic (exact) mass is 306 g/mol. The van der Waals surface area contributed by atoms with Gasteiger partial charge in [0.1, 0.15) is 5.82 Å². The van der Waals surface area contributed by atoms with Crippen LogP contribution in [-0.4, -0.2) is 25.4 Å². The summed E-state index contributed by atoms with van der Waals surface area (Å²) >= 11 is 0. The molecule has 0 heterocycles. The third-order valence-electron chi connectivity index (χ3n) is 3.97. The number of benzene rings is 2. The second-order valence-electron chi connectivity index (χ2n) is 5.25. The Bertz CT molecular complexity index is 743. The molecule has 5 heteroatoms. The van der Waals surface area contributed by atoms with Crippen molar-refractivity contribution in [3.63, 3.8) is 0 Å². The molecule has 3 rings (SSSR count). The van der Waals surface area contributed by atoms with Crippen molar-refractivity contribution >= 4 is 9.84 Å². The maximum Gasteiger partial charge on any atom is 0.182 e. The SMILES string of the molecule is O=S(=O)(c1ccccc1)[C@H]1[C@H](CO)[C@@H]1c1cccc(F)c1. The van der Waals surface area contributed by atoms with Gasteiger partial charge in [0.15, 0.2) is 9.84 Å². The number of sulfone groups is 1. The average Bonchev–Trinajstić information content (AvgIpc) is 3.23. The first kappa shape index (κ1) is 14.2. The van der Waals surface area contributed by atoms with Gasteiger partial charge in [-0.1, -0.05) is 30.3 Å². The van der Waals surface area contributed by atoms with Gasteiger partial charge in [-0.2, -0.15) is 0 Å². The summed E-state index contributed by atoms with van der Waals surface area (Å²) < 4.78 is 38.6. The van der Waals surface area contributed by atoms with Crippen molar-refractivity contribution in [2.45, 2.75) is 16.1 Å². The van der Waals surface area contributed by atoms with E-state index in [1.54, 1.807) is 42.5 Å². The number of hydrogen-bond donors (Lipinski definition) is 1. The van der Waals surface area contributed by atoms with Crippen molar-refractivity contribution in [3.05, 3.63) is 66.0 Å². The summed E-state index contributed by atoms with van der Waals surface area (Å²) in [5, 5.41) is 8.74. The zero-order valence-corrected chi connectivity index (χ0v) is 12.0. The van der Waals surface area contributed by atoms with Crippen LogP contribution >= 0.6 is 0 Å². The van der Waals surface area contributed by atoms with Crippen molar-refractivity contribution in [1.82, 2.24) is 0 Å². The van der Waals surface area contributed by atoms with Crippen LogP contribution < -0.4 is 0 Å². The highest BCUT2D eigenvalue weighted by Crippen LogP contribution is 2.53. The molecule has 0 amide bonds. The van der Waals surface area contributed by atoms with E-state index in [1.807, 2.05) is 0 Å². The van der Waals surface area contributed by atoms with Crippen molar-refractivity contribution in [2.75, 3.05) is 6.61 Å². The third kappa shape index (κ3) is 2.47. The van der Waals surface area contributed by atoms with Gasteiger partial charge in [-0.25, -0.2) is 12.8 Å². The van der Waals surface area contributed by atoms with Crippen LogP contribution in [0.25, 0.3) is 0 Å². The molecule has 1 fully saturated rings. The van der Waals surface area contributed by atoms with Crippen LogP contribution in [0.2, 0.25) is 0 Å². The predicted octanol–water partition coefficient (Wildman–Crippen LogP) is 2.37. The normalized spacial score (nSPS) is 24.8. The lowest BCUT2D eigenvalue weighted by atomic mass is 10.1. The number of rotatable bonds is 4. The largest absolute Gasteiger partial charge is 0.396 e. The first-order chi connectivity index (χ1) is 10.1. The summed E-state index contributed by atoms with van der Waals surface area (Å²) in [5.41, 5.74) is 0.624. The standard InChI is InChI=1S/C16H15FO3S/c17-12-6-4-5-11(9-12)15-14(10-18)16(15)21(19,20)13-7-2-1-3-8-13/h1-9,14-16,18H,10H2/t14-,15+,16+/m1/s1. The first-order valence-corrected chi connectivity index (χ1v) is 8.25. The fourth-order valence-corrected chi connectivity index (χ4v) is 5.12. The Kier molecular flexibility index (Phi) is 3.55. The minimum absolute atomic E-state index is 0.224. The molecule has 1 N–H and O–H groups in total. The van der Waals surface area contributed by atoms with E-state index in [2.05, 4.69) is 0 Å². The third-order valence-corrected chi connectivity index (χ3v) is 6.26. The molecule has 3 nitrogen and oxygen atoms in total. The van der Waals surface area contributed by atoms with Crippen LogP contribution in [0.15, 0.2) is 59.5 Å². The molecule has 2 aromatic carbocycles. The Labute approximate surface area is 123 Å². The summed E-state index contributed by atoms with van der Waals surface area (Å²) in [6.45, 7) is -0.224. The zero-order valence-electron chi connectivity index (χ0n) is 11.2. The summed E-state index contributed by atoms with van der Waals surface area (Å²) in [6, 6.07) is 14.1. The molecule has 0 aliphatic heterocycles. The number of aliphatic hydroxyl groups is 1. The molecule has 1 aliphatic rings. The van der Waals surface area contributed by atoms with Gasteiger partial charge in [-0.05, 0) is 29.8 Å². The molecule has 3 atom stereocenters. The van der Waals surface area contributed by atoms with Crippen LogP contribution in [0.3, 0.4) is 0 Å². The predicted molar refractivity (Wildman–Crippen MR) is 77.1 cm³/mol. The molecular weight excluding hydrogens is 291 g/mol. The average molecular weight is 306 g/mol. The van der Waals surface area contributed by atoms with Gasteiger partial charge >= 0.3 is 0 Å². The van der Waals surface area contributed by atoms with Crippen LogP contribution in [-0.2, 0) is 9.84 Å². The minimum atomic E-state index is -3.52. The van der Waals surface area contributed by atoms with Crippen molar-refractivity contribution in [1.29, 1.82) is 0 Å². The van der Waals surface area contributed by atoms with E-state index >= 15 is 0 Å². The lowest BCUT2D eigenvalue weighted by Crippen LogP contribution is -2.11. The lowest BCUT2D eigenvalue weighted by Gasteiger charge is -2.04. The van der Waals surface area contributed by atoms with Gasteiger partial charge in [0.25, 0.3) is 0 Å². The molecule has 0 saturated heterocycles. The molecule has 0 aromatic heterocycles.